The molecule has 0 fully saturated rings. The molecule has 0 amide bonds. The Hall–Kier alpha value is -0.0100. The Balaban J connectivity index is 4.70. The van der Waals surface area contributed by atoms with Crippen molar-refractivity contribution < 1.29 is 28.5 Å². The van der Waals surface area contributed by atoms with Gasteiger partial charge in [-0.3, -0.25) is 9.05 Å². The lowest BCUT2D eigenvalue weighted by Crippen LogP contribution is -2.31. The predicted octanol–water partition coefficient (Wildman–Crippen LogP) is 6.73. The van der Waals surface area contributed by atoms with E-state index in [4.69, 9.17) is 13.7 Å². The molecule has 1 atom stereocenters. The van der Waals surface area contributed by atoms with E-state index in [1.807, 2.05) is 0 Å². The molecular formula is C25H54NO6P. The minimum absolute atomic E-state index is 0.120. The van der Waals surface area contributed by atoms with Crippen molar-refractivity contribution in [1.82, 2.24) is 5.06 Å². The molecule has 0 heterocycles. The zero-order valence-electron chi connectivity index (χ0n) is 22.2. The van der Waals surface area contributed by atoms with Crippen molar-refractivity contribution in [3.8, 4) is 0 Å². The van der Waals surface area contributed by atoms with Crippen molar-refractivity contribution in [1.29, 1.82) is 0 Å². The van der Waals surface area contributed by atoms with Gasteiger partial charge in [0.25, 0.3) is 0 Å². The van der Waals surface area contributed by atoms with Gasteiger partial charge in [-0.05, 0) is 31.1 Å². The molecule has 200 valence electrons. The predicted molar refractivity (Wildman–Crippen MR) is 136 cm³/mol. The van der Waals surface area contributed by atoms with E-state index in [2.05, 4.69) is 34.6 Å². The van der Waals surface area contributed by atoms with Gasteiger partial charge < -0.3 is 10.2 Å². The number of aliphatic hydroxyl groups excluding tert-OH is 2. The number of aliphatic hydroxyl groups is 2. The number of hydrogen-bond acceptors (Lipinski definition) is 7. The highest BCUT2D eigenvalue weighted by molar-refractivity contribution is 7.48. The first-order valence-electron chi connectivity index (χ1n) is 13.4. The summed E-state index contributed by atoms with van der Waals surface area (Å²) in [7, 11) is -3.88. The van der Waals surface area contributed by atoms with Crippen molar-refractivity contribution in [2.45, 2.75) is 118 Å². The largest absolute Gasteiger partial charge is 0.491 e. The Morgan fingerprint density at radius 3 is 1.64 bits per heavy atom. The highest BCUT2D eigenvalue weighted by Gasteiger charge is 2.34. The van der Waals surface area contributed by atoms with E-state index in [9.17, 15) is 14.8 Å². The van der Waals surface area contributed by atoms with Gasteiger partial charge in [-0.15, -0.1) is 0 Å². The van der Waals surface area contributed by atoms with Gasteiger partial charge in [0.1, 0.15) is 0 Å². The lowest BCUT2D eigenvalue weighted by atomic mass is 9.98. The molecule has 7 nitrogen and oxygen atoms in total. The van der Waals surface area contributed by atoms with E-state index >= 15 is 0 Å². The maximum atomic E-state index is 13.5. The van der Waals surface area contributed by atoms with Crippen LogP contribution in [0.1, 0.15) is 112 Å². The Bertz CT molecular complexity index is 462. The van der Waals surface area contributed by atoms with Crippen molar-refractivity contribution in [2.75, 3.05) is 32.9 Å². The maximum Gasteiger partial charge on any atom is 0.491 e. The quantitative estimate of drug-likeness (QED) is 0.0872. The van der Waals surface area contributed by atoms with Crippen LogP contribution in [-0.2, 0) is 18.2 Å². The van der Waals surface area contributed by atoms with Crippen molar-refractivity contribution in [2.24, 2.45) is 11.8 Å². The Labute approximate surface area is 204 Å². The molecule has 0 aromatic carbocycles. The minimum atomic E-state index is -3.88. The number of phosphoric ester groups is 1. The molecule has 0 aromatic rings. The Kier molecular flexibility index (Phi) is 21.3. The van der Waals surface area contributed by atoms with Gasteiger partial charge >= 0.3 is 7.82 Å². The smallest absolute Gasteiger partial charge is 0.395 e. The molecule has 0 aromatic heterocycles. The SMILES string of the molecule is CCCCCCCCCCCCOP(=O)(OC(CC(C)C)CC(C)C)ON(CCO)CCO. The monoisotopic (exact) mass is 495 g/mol. The van der Waals surface area contributed by atoms with Crippen LogP contribution in [0.25, 0.3) is 0 Å². The second-order valence-corrected chi connectivity index (χ2v) is 11.4. The Morgan fingerprint density at radius 1 is 0.758 bits per heavy atom. The fraction of sp³-hybridized carbons (Fsp3) is 1.00. The van der Waals surface area contributed by atoms with Gasteiger partial charge in [-0.1, -0.05) is 92.4 Å². The second kappa shape index (κ2) is 21.3. The molecular weight excluding hydrogens is 441 g/mol. The first-order chi connectivity index (χ1) is 15.8. The molecule has 0 aliphatic carbocycles. The standard InChI is InChI=1S/C25H54NO6P/c1-6-7-8-9-10-11-12-13-14-15-20-30-33(29,32-26(16-18-27)17-19-28)31-25(21-23(2)3)22-24(4)5/h23-25,27-28H,6-22H2,1-5H3. The van der Waals surface area contributed by atoms with Crippen molar-refractivity contribution >= 4 is 7.82 Å². The van der Waals surface area contributed by atoms with E-state index in [0.29, 0.717) is 18.4 Å². The average Bonchev–Trinajstić information content (AvgIpc) is 2.71. The molecule has 33 heavy (non-hydrogen) atoms. The summed E-state index contributed by atoms with van der Waals surface area (Å²) in [5.74, 6) is 0.769. The molecule has 0 spiro atoms. The summed E-state index contributed by atoms with van der Waals surface area (Å²) < 4.78 is 30.9. The van der Waals surface area contributed by atoms with Crippen LogP contribution in [0.4, 0.5) is 0 Å². The van der Waals surface area contributed by atoms with Crippen LogP contribution in [0.2, 0.25) is 0 Å². The number of nitrogens with zero attached hydrogens (tertiary/aromatic N) is 1. The minimum Gasteiger partial charge on any atom is -0.395 e. The third-order valence-electron chi connectivity index (χ3n) is 5.41. The van der Waals surface area contributed by atoms with Crippen LogP contribution >= 0.6 is 7.82 Å². The van der Waals surface area contributed by atoms with E-state index in [1.54, 1.807) is 0 Å². The second-order valence-electron chi connectivity index (χ2n) is 9.91. The number of phosphoric acid groups is 1. The number of unbranched alkanes of at least 4 members (excludes halogenated alkanes) is 9. The van der Waals surface area contributed by atoms with Gasteiger partial charge in [0, 0.05) is 13.1 Å². The molecule has 1 unspecified atom stereocenters. The molecule has 2 N–H and O–H groups in total. The normalized spacial score (nSPS) is 14.2. The summed E-state index contributed by atoms with van der Waals surface area (Å²) in [4.78, 5) is 0. The van der Waals surface area contributed by atoms with E-state index in [-0.39, 0.29) is 32.4 Å². The number of hydrogen-bond donors (Lipinski definition) is 2. The summed E-state index contributed by atoms with van der Waals surface area (Å²) in [5, 5.41) is 19.8. The highest BCUT2D eigenvalue weighted by Crippen LogP contribution is 2.52. The van der Waals surface area contributed by atoms with E-state index < -0.39 is 7.82 Å². The fourth-order valence-electron chi connectivity index (χ4n) is 3.81. The van der Waals surface area contributed by atoms with Crippen LogP contribution < -0.4 is 0 Å². The Morgan fingerprint density at radius 2 is 1.21 bits per heavy atom. The van der Waals surface area contributed by atoms with E-state index in [1.165, 1.54) is 50.0 Å². The summed E-state index contributed by atoms with van der Waals surface area (Å²) in [6, 6.07) is 0. The van der Waals surface area contributed by atoms with Gasteiger partial charge in [0.15, 0.2) is 0 Å². The lowest BCUT2D eigenvalue weighted by Gasteiger charge is -2.29. The summed E-state index contributed by atoms with van der Waals surface area (Å²) in [5.41, 5.74) is 0. The van der Waals surface area contributed by atoms with Crippen LogP contribution in [0, 0.1) is 11.8 Å². The molecule has 0 saturated heterocycles. The fourth-order valence-corrected chi connectivity index (χ4v) is 5.30. The number of hydroxylamine groups is 2. The summed E-state index contributed by atoms with van der Waals surface area (Å²) in [6.07, 6.45) is 13.3. The molecule has 0 saturated carbocycles. The first kappa shape index (κ1) is 33.0. The van der Waals surface area contributed by atoms with Gasteiger partial charge in [-0.2, -0.15) is 9.69 Å². The molecule has 0 bridgehead atoms. The highest BCUT2D eigenvalue weighted by atomic mass is 31.2. The molecule has 0 aliphatic heterocycles. The third kappa shape index (κ3) is 19.9. The van der Waals surface area contributed by atoms with Crippen LogP contribution in [0.15, 0.2) is 0 Å². The summed E-state index contributed by atoms with van der Waals surface area (Å²) >= 11 is 0. The lowest BCUT2D eigenvalue weighted by molar-refractivity contribution is -0.111. The van der Waals surface area contributed by atoms with Gasteiger partial charge in [0.05, 0.1) is 25.9 Å². The average molecular weight is 496 g/mol. The van der Waals surface area contributed by atoms with Crippen molar-refractivity contribution in [3.05, 3.63) is 0 Å². The third-order valence-corrected chi connectivity index (χ3v) is 6.89. The van der Waals surface area contributed by atoms with Gasteiger partial charge in [-0.25, -0.2) is 4.57 Å². The summed E-state index contributed by atoms with van der Waals surface area (Å²) in [6.45, 7) is 10.9. The van der Waals surface area contributed by atoms with Crippen LogP contribution in [0.3, 0.4) is 0 Å². The molecule has 0 aliphatic rings. The molecule has 0 rings (SSSR count). The molecule has 8 heteroatoms. The zero-order chi connectivity index (χ0) is 25.0. The van der Waals surface area contributed by atoms with Crippen molar-refractivity contribution in [3.63, 3.8) is 0 Å². The van der Waals surface area contributed by atoms with Crippen LogP contribution in [-0.4, -0.2) is 54.3 Å². The molecule has 0 radical (unpaired) electrons. The van der Waals surface area contributed by atoms with E-state index in [0.717, 1.165) is 32.1 Å². The zero-order valence-corrected chi connectivity index (χ0v) is 23.1. The van der Waals surface area contributed by atoms with Gasteiger partial charge in [0.2, 0.25) is 0 Å². The topological polar surface area (TPSA) is 88.5 Å². The van der Waals surface area contributed by atoms with Crippen LogP contribution in [0.5, 0.6) is 0 Å². The number of rotatable bonds is 24. The maximum absolute atomic E-state index is 13.5. The first-order valence-corrected chi connectivity index (χ1v) is 14.8.